The first-order valence-electron chi connectivity index (χ1n) is 16.8. The second-order valence-electron chi connectivity index (χ2n) is 13.6. The maximum Gasteiger partial charge on any atom is 0.455 e. The van der Waals surface area contributed by atoms with Gasteiger partial charge in [-0.15, -0.1) is 0 Å². The van der Waals surface area contributed by atoms with Crippen molar-refractivity contribution >= 4 is 58.9 Å². The Balaban J connectivity index is 1.37. The first-order chi connectivity index (χ1) is 24.9. The molecule has 0 unspecified atom stereocenters. The quantitative estimate of drug-likeness (QED) is 0.0771. The van der Waals surface area contributed by atoms with Gasteiger partial charge in [0.25, 0.3) is 0 Å². The van der Waals surface area contributed by atoms with Crippen LogP contribution >= 0.6 is 22.6 Å². The summed E-state index contributed by atoms with van der Waals surface area (Å²) in [6.07, 6.45) is -6.98. The summed E-state index contributed by atoms with van der Waals surface area (Å²) in [5.74, 6) is -4.66. The fourth-order valence-corrected chi connectivity index (χ4v) is 8.34. The number of imide groups is 1. The third-order valence-electron chi connectivity index (χ3n) is 10.1. The summed E-state index contributed by atoms with van der Waals surface area (Å²) in [4.78, 5) is 33.0. The minimum atomic E-state index is -5.18. The van der Waals surface area contributed by atoms with Crippen molar-refractivity contribution in [2.45, 2.75) is 57.9 Å². The van der Waals surface area contributed by atoms with E-state index in [0.717, 1.165) is 11.1 Å². The van der Waals surface area contributed by atoms with Crippen molar-refractivity contribution in [2.75, 3.05) is 12.0 Å². The molecule has 3 heterocycles. The van der Waals surface area contributed by atoms with E-state index in [0.29, 0.717) is 50.3 Å². The smallest absolute Gasteiger partial charge is 0.455 e. The van der Waals surface area contributed by atoms with Crippen LogP contribution in [0.3, 0.4) is 0 Å². The second-order valence-corrected chi connectivity index (χ2v) is 14.8. The van der Waals surface area contributed by atoms with Crippen molar-refractivity contribution in [1.29, 1.82) is 0 Å². The normalized spacial score (nSPS) is 22.5. The molecule has 3 aromatic rings. The Bertz CT molecular complexity index is 1950. The summed E-state index contributed by atoms with van der Waals surface area (Å²) < 4.78 is 94.6. The topological polar surface area (TPSA) is 109 Å². The van der Waals surface area contributed by atoms with E-state index in [2.05, 4.69) is 4.98 Å². The minimum absolute atomic E-state index is 0.00335. The lowest BCUT2D eigenvalue weighted by Crippen LogP contribution is -2.46. The number of allylic oxidation sites excluding steroid dienone is 2. The minimum Gasteiger partial charge on any atom is -0.504 e. The lowest BCUT2D eigenvalue weighted by atomic mass is 9.57. The molecule has 6 rings (SSSR count). The first-order valence-corrected chi connectivity index (χ1v) is 17.9. The summed E-state index contributed by atoms with van der Waals surface area (Å²) in [6, 6.07) is 9.59. The summed E-state index contributed by atoms with van der Waals surface area (Å²) in [7, 11) is 0.0738. The van der Waals surface area contributed by atoms with Crippen LogP contribution in [-0.4, -0.2) is 47.3 Å². The molecule has 0 bridgehead atoms. The van der Waals surface area contributed by atoms with Gasteiger partial charge in [0.05, 0.1) is 51.1 Å². The van der Waals surface area contributed by atoms with Gasteiger partial charge in [-0.3, -0.25) is 14.6 Å². The predicted molar refractivity (Wildman–Crippen MR) is 192 cm³/mol. The molecule has 3 aliphatic rings. The molecule has 1 aromatic heterocycles. The lowest BCUT2D eigenvalue weighted by molar-refractivity contribution is -0.143. The summed E-state index contributed by atoms with van der Waals surface area (Å²) >= 11 is 1.99. The van der Waals surface area contributed by atoms with Gasteiger partial charge in [0.1, 0.15) is 0 Å². The third-order valence-corrected chi connectivity index (χ3v) is 10.9. The Morgan fingerprint density at radius 3 is 2.32 bits per heavy atom. The van der Waals surface area contributed by atoms with Gasteiger partial charge in [-0.25, -0.2) is 4.90 Å². The van der Waals surface area contributed by atoms with Gasteiger partial charge >= 0.3 is 19.5 Å². The number of ether oxygens (including phenoxy) is 1. The van der Waals surface area contributed by atoms with Crippen LogP contribution in [0.1, 0.15) is 55.5 Å². The van der Waals surface area contributed by atoms with Gasteiger partial charge in [-0.1, -0.05) is 25.5 Å². The number of pyridine rings is 1. The fourth-order valence-electron chi connectivity index (χ4n) is 7.72. The molecule has 1 aliphatic carbocycles. The molecule has 2 amide bonds. The highest BCUT2D eigenvalue weighted by Crippen LogP contribution is 2.53. The number of alkyl halides is 6. The molecule has 0 saturated carbocycles. The number of fused-ring (bicyclic) bond motifs is 3. The van der Waals surface area contributed by atoms with Crippen LogP contribution in [0.4, 0.5) is 32.0 Å². The summed E-state index contributed by atoms with van der Waals surface area (Å²) in [6.45, 7) is 3.78. The molecule has 2 aliphatic heterocycles. The maximum absolute atomic E-state index is 14.1. The maximum atomic E-state index is 14.1. The largest absolute Gasteiger partial charge is 0.504 e. The van der Waals surface area contributed by atoms with Gasteiger partial charge in [-0.05, 0) is 125 Å². The Labute approximate surface area is 315 Å². The fraction of sp³-hybridized carbons (Fsp3) is 0.378. The van der Waals surface area contributed by atoms with Gasteiger partial charge < -0.3 is 19.5 Å². The van der Waals surface area contributed by atoms with Crippen molar-refractivity contribution in [3.8, 4) is 11.5 Å². The van der Waals surface area contributed by atoms with Crippen molar-refractivity contribution in [3.63, 3.8) is 0 Å². The number of halogens is 7. The molecule has 53 heavy (non-hydrogen) atoms. The standard InChI is InChI=1S/C37H34BF6IN2O6/c1-18(2)24-16-25-32(35(50)47(34(25)49)23-14-21(36(39,40)41)13-22(15-23)37(42,43)44)26-17-38(51)53-29(31(24)26)8-7-20(28-6-4-5-9-46-28)10-19-11-27(45)33(48)30(12-19)52-3/h4-6,9-15,18,25-26,29,32,48,51H,7-8,16-17H2,1-3H3/b20-10-/t25-,26+,29-,32-/m1/s1. The van der Waals surface area contributed by atoms with E-state index >= 15 is 0 Å². The molecule has 16 heteroatoms. The number of anilines is 1. The molecule has 2 N–H and O–H groups in total. The number of hydrogen-bond acceptors (Lipinski definition) is 7. The summed E-state index contributed by atoms with van der Waals surface area (Å²) in [5, 5.41) is 21.4. The van der Waals surface area contributed by atoms with Crippen LogP contribution in [0.15, 0.2) is 65.9 Å². The predicted octanol–water partition coefficient (Wildman–Crippen LogP) is 8.42. The van der Waals surface area contributed by atoms with E-state index in [-0.39, 0.29) is 36.2 Å². The number of methoxy groups -OCH3 is 1. The molecule has 2 fully saturated rings. The van der Waals surface area contributed by atoms with Crippen LogP contribution in [-0.2, 0) is 26.6 Å². The molecular formula is C37H34BF6IN2O6. The molecule has 2 aromatic carbocycles. The number of amides is 2. The number of nitrogens with zero attached hydrogens (tertiary/aromatic N) is 2. The van der Waals surface area contributed by atoms with Crippen molar-refractivity contribution in [3.05, 3.63) is 91.8 Å². The van der Waals surface area contributed by atoms with Crippen LogP contribution in [0.5, 0.6) is 11.5 Å². The zero-order valence-electron chi connectivity index (χ0n) is 28.6. The number of aromatic hydroxyl groups is 1. The monoisotopic (exact) mass is 854 g/mol. The molecule has 280 valence electrons. The molecule has 0 radical (unpaired) electrons. The second kappa shape index (κ2) is 14.7. The Hall–Kier alpha value is -3.90. The number of phenols is 1. The Morgan fingerprint density at radius 2 is 1.74 bits per heavy atom. The van der Waals surface area contributed by atoms with Gasteiger partial charge in [0.2, 0.25) is 11.8 Å². The van der Waals surface area contributed by atoms with E-state index in [9.17, 15) is 46.1 Å². The van der Waals surface area contributed by atoms with E-state index in [1.54, 1.807) is 24.4 Å². The molecule has 4 atom stereocenters. The highest BCUT2D eigenvalue weighted by atomic mass is 127. The Morgan fingerprint density at radius 1 is 1.06 bits per heavy atom. The number of carbonyl (C=O) groups excluding carboxylic acids is 2. The molecule has 0 spiro atoms. The van der Waals surface area contributed by atoms with Crippen LogP contribution in [0.2, 0.25) is 6.32 Å². The lowest BCUT2D eigenvalue weighted by Gasteiger charge is -2.44. The molecule has 2 saturated heterocycles. The molecular weight excluding hydrogens is 820 g/mol. The third kappa shape index (κ3) is 7.72. The number of carbonyl (C=O) groups is 2. The highest BCUT2D eigenvalue weighted by molar-refractivity contribution is 14.1. The van der Waals surface area contributed by atoms with Crippen LogP contribution in [0.25, 0.3) is 11.6 Å². The van der Waals surface area contributed by atoms with E-state index < -0.39 is 72.0 Å². The average molecular weight is 854 g/mol. The zero-order chi connectivity index (χ0) is 38.6. The number of aromatic nitrogens is 1. The average Bonchev–Trinajstić information content (AvgIpc) is 3.35. The van der Waals surface area contributed by atoms with Crippen molar-refractivity contribution in [1.82, 2.24) is 4.98 Å². The van der Waals surface area contributed by atoms with E-state index in [1.807, 2.05) is 54.6 Å². The highest BCUT2D eigenvalue weighted by Gasteiger charge is 2.58. The zero-order valence-corrected chi connectivity index (χ0v) is 30.8. The van der Waals surface area contributed by atoms with Crippen LogP contribution < -0.4 is 9.64 Å². The van der Waals surface area contributed by atoms with Crippen molar-refractivity contribution < 1.29 is 55.5 Å². The van der Waals surface area contributed by atoms with Crippen molar-refractivity contribution in [2.24, 2.45) is 23.7 Å². The first kappa shape index (κ1) is 38.8. The summed E-state index contributed by atoms with van der Waals surface area (Å²) in [5.41, 5.74) is -0.453. The number of hydrogen-bond donors (Lipinski definition) is 2. The van der Waals surface area contributed by atoms with Crippen LogP contribution in [0, 0.1) is 27.2 Å². The van der Waals surface area contributed by atoms with Gasteiger partial charge in [0.15, 0.2) is 11.5 Å². The van der Waals surface area contributed by atoms with Gasteiger partial charge in [0, 0.05) is 6.20 Å². The molecule has 8 nitrogen and oxygen atoms in total. The van der Waals surface area contributed by atoms with Gasteiger partial charge in [-0.2, -0.15) is 26.3 Å². The van der Waals surface area contributed by atoms with E-state index in [1.165, 1.54) is 7.11 Å². The van der Waals surface area contributed by atoms with E-state index in [4.69, 9.17) is 9.39 Å². The SMILES string of the molecule is COc1cc(/C=C(/CC[C@H]2OB(O)C[C@H]3C2=C(C(C)C)C[C@H]2C(=O)N(c4cc(C(F)(F)F)cc(C(F)(F)F)c4)C(=O)[C@H]23)c2ccccn2)cc(I)c1O. The number of rotatable bonds is 8. The Kier molecular flexibility index (Phi) is 10.8. The number of phenolic OH excluding ortho intramolecular Hbond substituents is 1. The number of benzene rings is 2.